The molecule has 0 bridgehead atoms. The number of rotatable bonds is 5. The molecule has 3 aliphatic rings. The molecule has 6 nitrogen and oxygen atoms in total. The Morgan fingerprint density at radius 2 is 2.08 bits per heavy atom. The third kappa shape index (κ3) is 3.30. The summed E-state index contributed by atoms with van der Waals surface area (Å²) in [6.45, 7) is 3.26. The molecule has 4 atom stereocenters. The molecule has 4 rings (SSSR count). The van der Waals surface area contributed by atoms with E-state index < -0.39 is 0 Å². The molecule has 2 aliphatic heterocycles. The molecule has 1 N–H and O–H groups in total. The minimum Gasteiger partial charge on any atom is -0.384 e. The van der Waals surface area contributed by atoms with Crippen LogP contribution in [0.1, 0.15) is 29.6 Å². The molecular formula is C19H27N3O3. The standard InChI is InChI=1S/C19H27N3O3/c1-24-12-16-17(15-6-11-25-18(15)16)21-14-4-9-22(10-5-14)19(23)13-2-7-20-8-3-13/h2-3,7-8,14-18,21H,4-6,9-12H2,1H3/t15-,16+,17-,18-/m0/s1. The molecule has 3 fully saturated rings. The van der Waals surface area contributed by atoms with Gasteiger partial charge in [-0.25, -0.2) is 0 Å². The number of ether oxygens (including phenoxy) is 2. The van der Waals surface area contributed by atoms with Crippen LogP contribution in [0.5, 0.6) is 0 Å². The predicted octanol–water partition coefficient (Wildman–Crippen LogP) is 1.33. The van der Waals surface area contributed by atoms with Gasteiger partial charge in [0.15, 0.2) is 0 Å². The molecule has 3 heterocycles. The van der Waals surface area contributed by atoms with Gasteiger partial charge in [0, 0.05) is 68.7 Å². The molecule has 1 amide bonds. The molecule has 0 aromatic carbocycles. The Balaban J connectivity index is 1.30. The van der Waals surface area contributed by atoms with Gasteiger partial charge in [0.05, 0.1) is 12.7 Å². The molecule has 0 unspecified atom stereocenters. The zero-order chi connectivity index (χ0) is 17.2. The number of nitrogens with zero attached hydrogens (tertiary/aromatic N) is 2. The van der Waals surface area contributed by atoms with E-state index >= 15 is 0 Å². The van der Waals surface area contributed by atoms with E-state index in [1.807, 2.05) is 4.90 Å². The topological polar surface area (TPSA) is 63.7 Å². The molecule has 1 aromatic heterocycles. The van der Waals surface area contributed by atoms with Crippen molar-refractivity contribution >= 4 is 5.91 Å². The van der Waals surface area contributed by atoms with Gasteiger partial charge in [-0.3, -0.25) is 9.78 Å². The second-order valence-electron chi connectivity index (χ2n) is 7.40. The summed E-state index contributed by atoms with van der Waals surface area (Å²) >= 11 is 0. The molecule has 136 valence electrons. The highest BCUT2D eigenvalue weighted by molar-refractivity contribution is 5.94. The van der Waals surface area contributed by atoms with Crippen LogP contribution in [-0.2, 0) is 9.47 Å². The second-order valence-corrected chi connectivity index (χ2v) is 7.40. The number of likely N-dealkylation sites (tertiary alicyclic amines) is 1. The van der Waals surface area contributed by atoms with Crippen LogP contribution in [0.2, 0.25) is 0 Å². The summed E-state index contributed by atoms with van der Waals surface area (Å²) in [4.78, 5) is 18.5. The third-order valence-corrected chi connectivity index (χ3v) is 6.02. The number of carbonyl (C=O) groups excluding carboxylic acids is 1. The van der Waals surface area contributed by atoms with Crippen LogP contribution in [-0.4, -0.2) is 67.4 Å². The van der Waals surface area contributed by atoms with Gasteiger partial charge in [0.2, 0.25) is 0 Å². The van der Waals surface area contributed by atoms with Crippen LogP contribution in [0.25, 0.3) is 0 Å². The number of aromatic nitrogens is 1. The van der Waals surface area contributed by atoms with E-state index in [4.69, 9.17) is 9.47 Å². The van der Waals surface area contributed by atoms with Crippen molar-refractivity contribution in [2.45, 2.75) is 37.5 Å². The first-order chi connectivity index (χ1) is 12.3. The van der Waals surface area contributed by atoms with Gasteiger partial charge in [0.25, 0.3) is 5.91 Å². The summed E-state index contributed by atoms with van der Waals surface area (Å²) in [5.41, 5.74) is 0.728. The van der Waals surface area contributed by atoms with Crippen molar-refractivity contribution < 1.29 is 14.3 Å². The van der Waals surface area contributed by atoms with Crippen molar-refractivity contribution in [3.05, 3.63) is 30.1 Å². The van der Waals surface area contributed by atoms with Crippen molar-refractivity contribution in [2.24, 2.45) is 11.8 Å². The van der Waals surface area contributed by atoms with Crippen LogP contribution in [0.3, 0.4) is 0 Å². The summed E-state index contributed by atoms with van der Waals surface area (Å²) in [7, 11) is 1.77. The van der Waals surface area contributed by atoms with Crippen LogP contribution < -0.4 is 5.32 Å². The summed E-state index contributed by atoms with van der Waals surface area (Å²) in [5.74, 6) is 1.22. The van der Waals surface area contributed by atoms with Crippen molar-refractivity contribution in [3.8, 4) is 0 Å². The second kappa shape index (κ2) is 7.40. The maximum atomic E-state index is 12.5. The highest BCUT2D eigenvalue weighted by Gasteiger charge is 2.54. The lowest BCUT2D eigenvalue weighted by atomic mass is 9.66. The molecule has 1 saturated carbocycles. The number of nitrogens with one attached hydrogen (secondary N) is 1. The fourth-order valence-corrected chi connectivity index (χ4v) is 4.67. The molecule has 2 saturated heterocycles. The summed E-state index contributed by atoms with van der Waals surface area (Å²) in [5, 5.41) is 3.85. The van der Waals surface area contributed by atoms with E-state index in [0.717, 1.165) is 51.1 Å². The van der Waals surface area contributed by atoms with Crippen LogP contribution in [0, 0.1) is 11.8 Å². The smallest absolute Gasteiger partial charge is 0.253 e. The molecule has 0 spiro atoms. The number of piperidine rings is 1. The molecular weight excluding hydrogens is 318 g/mol. The molecule has 1 aromatic rings. The Morgan fingerprint density at radius 1 is 1.32 bits per heavy atom. The number of methoxy groups -OCH3 is 1. The van der Waals surface area contributed by atoms with Crippen LogP contribution >= 0.6 is 0 Å². The number of hydrogen-bond acceptors (Lipinski definition) is 5. The van der Waals surface area contributed by atoms with Crippen molar-refractivity contribution in [1.82, 2.24) is 15.2 Å². The number of amides is 1. The number of pyridine rings is 1. The zero-order valence-electron chi connectivity index (χ0n) is 14.8. The van der Waals surface area contributed by atoms with E-state index in [-0.39, 0.29) is 5.91 Å². The summed E-state index contributed by atoms with van der Waals surface area (Å²) < 4.78 is 11.2. The summed E-state index contributed by atoms with van der Waals surface area (Å²) in [6, 6.07) is 4.56. The highest BCUT2D eigenvalue weighted by Crippen LogP contribution is 2.44. The van der Waals surface area contributed by atoms with Gasteiger partial charge in [-0.2, -0.15) is 0 Å². The first-order valence-corrected chi connectivity index (χ1v) is 9.34. The Morgan fingerprint density at radius 3 is 2.80 bits per heavy atom. The lowest BCUT2D eigenvalue weighted by Gasteiger charge is -2.50. The quantitative estimate of drug-likeness (QED) is 0.872. The monoisotopic (exact) mass is 345 g/mol. The Bertz CT molecular complexity index is 589. The summed E-state index contributed by atoms with van der Waals surface area (Å²) in [6.07, 6.45) is 6.90. The van der Waals surface area contributed by atoms with E-state index in [0.29, 0.717) is 30.0 Å². The van der Waals surface area contributed by atoms with Gasteiger partial charge in [-0.05, 0) is 31.4 Å². The SMILES string of the molecule is COC[C@@H]1[C@@H](NC2CCN(C(=O)c3ccncc3)CC2)[C@@H]2CCO[C@H]12. The number of fused-ring (bicyclic) bond motifs is 1. The lowest BCUT2D eigenvalue weighted by molar-refractivity contribution is -0.0880. The molecule has 6 heteroatoms. The third-order valence-electron chi connectivity index (χ3n) is 6.02. The normalized spacial score (nSPS) is 32.3. The van der Waals surface area contributed by atoms with Crippen LogP contribution in [0.4, 0.5) is 0 Å². The largest absolute Gasteiger partial charge is 0.384 e. The van der Waals surface area contributed by atoms with Gasteiger partial charge < -0.3 is 19.7 Å². The lowest BCUT2D eigenvalue weighted by Crippen LogP contribution is -2.64. The predicted molar refractivity (Wildman–Crippen MR) is 93.3 cm³/mol. The van der Waals surface area contributed by atoms with E-state index in [1.165, 1.54) is 0 Å². The molecule has 25 heavy (non-hydrogen) atoms. The van der Waals surface area contributed by atoms with Gasteiger partial charge in [-0.15, -0.1) is 0 Å². The van der Waals surface area contributed by atoms with E-state index in [1.54, 1.807) is 31.6 Å². The fourth-order valence-electron chi connectivity index (χ4n) is 4.67. The minimum absolute atomic E-state index is 0.117. The van der Waals surface area contributed by atoms with Gasteiger partial charge >= 0.3 is 0 Å². The average Bonchev–Trinajstić information content (AvgIpc) is 3.09. The first kappa shape index (κ1) is 16.9. The van der Waals surface area contributed by atoms with Crippen molar-refractivity contribution in [3.63, 3.8) is 0 Å². The first-order valence-electron chi connectivity index (χ1n) is 9.34. The van der Waals surface area contributed by atoms with Crippen molar-refractivity contribution in [2.75, 3.05) is 33.4 Å². The van der Waals surface area contributed by atoms with E-state index in [2.05, 4.69) is 10.3 Å². The van der Waals surface area contributed by atoms with Crippen LogP contribution in [0.15, 0.2) is 24.5 Å². The fraction of sp³-hybridized carbons (Fsp3) is 0.684. The average molecular weight is 345 g/mol. The molecule has 1 aliphatic carbocycles. The number of hydrogen-bond donors (Lipinski definition) is 1. The highest BCUT2D eigenvalue weighted by atomic mass is 16.5. The maximum absolute atomic E-state index is 12.5. The minimum atomic E-state index is 0.117. The van der Waals surface area contributed by atoms with Crippen molar-refractivity contribution in [1.29, 1.82) is 0 Å². The van der Waals surface area contributed by atoms with Gasteiger partial charge in [0.1, 0.15) is 0 Å². The Kier molecular flexibility index (Phi) is 5.01. The van der Waals surface area contributed by atoms with E-state index in [9.17, 15) is 4.79 Å². The maximum Gasteiger partial charge on any atom is 0.253 e. The zero-order valence-corrected chi connectivity index (χ0v) is 14.8. The number of carbonyl (C=O) groups is 1. The Hall–Kier alpha value is -1.50. The van der Waals surface area contributed by atoms with Gasteiger partial charge in [-0.1, -0.05) is 0 Å². The Labute approximate surface area is 148 Å². The molecule has 0 radical (unpaired) electrons.